The van der Waals surface area contributed by atoms with Crippen molar-refractivity contribution in [3.05, 3.63) is 59.3 Å². The summed E-state index contributed by atoms with van der Waals surface area (Å²) in [6.07, 6.45) is 1.63. The molecule has 5 nitrogen and oxygen atoms in total. The lowest BCUT2D eigenvalue weighted by Crippen LogP contribution is -2.50. The second-order valence-corrected chi connectivity index (χ2v) is 7.14. The van der Waals surface area contributed by atoms with E-state index in [1.807, 2.05) is 41.3 Å². The first-order chi connectivity index (χ1) is 12.7. The zero-order valence-corrected chi connectivity index (χ0v) is 15.8. The number of carbonyl (C=O) groups is 1. The number of nitrogens with zero attached hydrogens (tertiary/aromatic N) is 2. The van der Waals surface area contributed by atoms with Crippen molar-refractivity contribution in [1.29, 1.82) is 0 Å². The maximum absolute atomic E-state index is 12.5. The van der Waals surface area contributed by atoms with Gasteiger partial charge in [0.2, 0.25) is 0 Å². The summed E-state index contributed by atoms with van der Waals surface area (Å²) in [7, 11) is 0. The molecular formula is C20H19BrN2O3. The molecule has 0 bridgehead atoms. The van der Waals surface area contributed by atoms with Crippen molar-refractivity contribution >= 4 is 38.5 Å². The van der Waals surface area contributed by atoms with Gasteiger partial charge in [0, 0.05) is 41.7 Å². The molecule has 0 radical (unpaired) electrons. The SMILES string of the molecule is O=C(COc1cccc2ccoc12)N1CCN(c2ccc(Br)cc2)CC1. The molecule has 1 fully saturated rings. The number of anilines is 1. The van der Waals surface area contributed by atoms with Crippen LogP contribution in [0.15, 0.2) is 63.7 Å². The standard InChI is InChI=1S/C20H19BrN2O3/c21-16-4-6-17(7-5-16)22-9-11-23(12-10-22)19(24)14-26-18-3-1-2-15-8-13-25-20(15)18/h1-8,13H,9-12,14H2. The number of para-hydroxylation sites is 1. The minimum atomic E-state index is 0.00372. The lowest BCUT2D eigenvalue weighted by molar-refractivity contribution is -0.133. The Morgan fingerprint density at radius 3 is 2.58 bits per heavy atom. The number of piperazine rings is 1. The average Bonchev–Trinajstić information content (AvgIpc) is 3.16. The highest BCUT2D eigenvalue weighted by atomic mass is 79.9. The normalized spacial score (nSPS) is 14.7. The smallest absolute Gasteiger partial charge is 0.260 e. The first-order valence-electron chi connectivity index (χ1n) is 8.58. The predicted octanol–water partition coefficient (Wildman–Crippen LogP) is 3.92. The van der Waals surface area contributed by atoms with Crippen LogP contribution in [-0.4, -0.2) is 43.6 Å². The fourth-order valence-corrected chi connectivity index (χ4v) is 3.44. The van der Waals surface area contributed by atoms with E-state index >= 15 is 0 Å². The van der Waals surface area contributed by atoms with Crippen LogP contribution in [0.1, 0.15) is 0 Å². The highest BCUT2D eigenvalue weighted by Crippen LogP contribution is 2.26. The number of ether oxygens (including phenoxy) is 1. The van der Waals surface area contributed by atoms with E-state index in [9.17, 15) is 4.79 Å². The molecule has 134 valence electrons. The molecule has 0 N–H and O–H groups in total. The zero-order chi connectivity index (χ0) is 17.9. The Bertz CT molecular complexity index is 899. The Morgan fingerprint density at radius 1 is 1.04 bits per heavy atom. The third kappa shape index (κ3) is 3.55. The van der Waals surface area contributed by atoms with E-state index < -0.39 is 0 Å². The van der Waals surface area contributed by atoms with Crippen LogP contribution >= 0.6 is 15.9 Å². The number of carbonyl (C=O) groups excluding carboxylic acids is 1. The molecule has 1 amide bonds. The minimum Gasteiger partial charge on any atom is -0.480 e. The largest absolute Gasteiger partial charge is 0.480 e. The first kappa shape index (κ1) is 17.0. The third-order valence-electron chi connectivity index (χ3n) is 4.62. The van der Waals surface area contributed by atoms with Crippen LogP contribution in [0.4, 0.5) is 5.69 Å². The Morgan fingerprint density at radius 2 is 1.81 bits per heavy atom. The molecule has 0 saturated carbocycles. The highest BCUT2D eigenvalue weighted by molar-refractivity contribution is 9.10. The Kier molecular flexibility index (Phi) is 4.84. The third-order valence-corrected chi connectivity index (χ3v) is 5.15. The second kappa shape index (κ2) is 7.41. The van der Waals surface area contributed by atoms with Crippen LogP contribution < -0.4 is 9.64 Å². The number of amides is 1. The van der Waals surface area contributed by atoms with E-state index in [0.717, 1.165) is 22.9 Å². The predicted molar refractivity (Wildman–Crippen MR) is 105 cm³/mol. The molecule has 2 aromatic carbocycles. The second-order valence-electron chi connectivity index (χ2n) is 6.23. The number of halogens is 1. The quantitative estimate of drug-likeness (QED) is 0.648. The van der Waals surface area contributed by atoms with E-state index in [1.54, 1.807) is 6.26 Å². The van der Waals surface area contributed by atoms with Crippen LogP contribution in [-0.2, 0) is 4.79 Å². The first-order valence-corrected chi connectivity index (χ1v) is 9.37. The van der Waals surface area contributed by atoms with Crippen LogP contribution in [0, 0.1) is 0 Å². The molecule has 2 heterocycles. The summed E-state index contributed by atoms with van der Waals surface area (Å²) in [5, 5.41) is 0.970. The van der Waals surface area contributed by atoms with Gasteiger partial charge in [-0.05, 0) is 36.4 Å². The molecule has 0 aliphatic carbocycles. The van der Waals surface area contributed by atoms with Crippen molar-refractivity contribution in [1.82, 2.24) is 4.90 Å². The van der Waals surface area contributed by atoms with Gasteiger partial charge in [0.15, 0.2) is 17.9 Å². The van der Waals surface area contributed by atoms with Gasteiger partial charge in [-0.1, -0.05) is 28.1 Å². The minimum absolute atomic E-state index is 0.00372. The molecule has 26 heavy (non-hydrogen) atoms. The maximum atomic E-state index is 12.5. The van der Waals surface area contributed by atoms with Gasteiger partial charge in [-0.2, -0.15) is 0 Å². The van der Waals surface area contributed by atoms with Crippen LogP contribution in [0.2, 0.25) is 0 Å². The Balaban J connectivity index is 1.32. The van der Waals surface area contributed by atoms with E-state index in [2.05, 4.69) is 33.0 Å². The molecule has 4 rings (SSSR count). The summed E-state index contributed by atoms with van der Waals surface area (Å²) < 4.78 is 12.2. The van der Waals surface area contributed by atoms with E-state index in [0.29, 0.717) is 24.4 Å². The summed E-state index contributed by atoms with van der Waals surface area (Å²) in [6, 6.07) is 15.8. The van der Waals surface area contributed by atoms with Crippen molar-refractivity contribution < 1.29 is 13.9 Å². The van der Waals surface area contributed by atoms with Gasteiger partial charge < -0.3 is 19.0 Å². The van der Waals surface area contributed by atoms with Gasteiger partial charge in [-0.3, -0.25) is 4.79 Å². The molecule has 1 aliphatic heterocycles. The number of rotatable bonds is 4. The molecule has 0 spiro atoms. The van der Waals surface area contributed by atoms with Crippen molar-refractivity contribution in [2.45, 2.75) is 0 Å². The molecule has 1 saturated heterocycles. The van der Waals surface area contributed by atoms with Crippen molar-refractivity contribution in [3.63, 3.8) is 0 Å². The van der Waals surface area contributed by atoms with E-state index in [1.165, 1.54) is 5.69 Å². The molecule has 0 atom stereocenters. The summed E-state index contributed by atoms with van der Waals surface area (Å²) in [5.41, 5.74) is 1.86. The van der Waals surface area contributed by atoms with Crippen molar-refractivity contribution in [2.24, 2.45) is 0 Å². The number of hydrogen-bond donors (Lipinski definition) is 0. The lowest BCUT2D eigenvalue weighted by atomic mass is 10.2. The molecule has 6 heteroatoms. The van der Waals surface area contributed by atoms with Gasteiger partial charge in [0.05, 0.1) is 6.26 Å². The Labute approximate surface area is 160 Å². The fraction of sp³-hybridized carbons (Fsp3) is 0.250. The fourth-order valence-electron chi connectivity index (χ4n) is 3.18. The number of hydrogen-bond acceptors (Lipinski definition) is 4. The van der Waals surface area contributed by atoms with Crippen LogP contribution in [0.25, 0.3) is 11.0 Å². The number of furan rings is 1. The van der Waals surface area contributed by atoms with Gasteiger partial charge in [-0.25, -0.2) is 0 Å². The molecule has 0 unspecified atom stereocenters. The lowest BCUT2D eigenvalue weighted by Gasteiger charge is -2.36. The van der Waals surface area contributed by atoms with Crippen molar-refractivity contribution in [2.75, 3.05) is 37.7 Å². The molecule has 1 aliphatic rings. The highest BCUT2D eigenvalue weighted by Gasteiger charge is 2.22. The number of benzene rings is 2. The van der Waals surface area contributed by atoms with Gasteiger partial charge in [0.1, 0.15) is 0 Å². The Hall–Kier alpha value is -2.47. The molecular weight excluding hydrogens is 396 g/mol. The molecule has 1 aromatic heterocycles. The summed E-state index contributed by atoms with van der Waals surface area (Å²) in [4.78, 5) is 16.6. The van der Waals surface area contributed by atoms with Gasteiger partial charge in [0.25, 0.3) is 5.91 Å². The van der Waals surface area contributed by atoms with Gasteiger partial charge in [-0.15, -0.1) is 0 Å². The van der Waals surface area contributed by atoms with E-state index in [4.69, 9.17) is 9.15 Å². The average molecular weight is 415 g/mol. The summed E-state index contributed by atoms with van der Waals surface area (Å²) in [5.74, 6) is 0.610. The molecule has 3 aromatic rings. The topological polar surface area (TPSA) is 45.9 Å². The summed E-state index contributed by atoms with van der Waals surface area (Å²) >= 11 is 3.45. The van der Waals surface area contributed by atoms with E-state index in [-0.39, 0.29) is 12.5 Å². The zero-order valence-electron chi connectivity index (χ0n) is 14.2. The van der Waals surface area contributed by atoms with Crippen molar-refractivity contribution in [3.8, 4) is 5.75 Å². The van der Waals surface area contributed by atoms with Crippen LogP contribution in [0.3, 0.4) is 0 Å². The maximum Gasteiger partial charge on any atom is 0.260 e. The monoisotopic (exact) mass is 414 g/mol. The van der Waals surface area contributed by atoms with Crippen LogP contribution in [0.5, 0.6) is 5.75 Å². The number of fused-ring (bicyclic) bond motifs is 1. The summed E-state index contributed by atoms with van der Waals surface area (Å²) in [6.45, 7) is 3.06. The van der Waals surface area contributed by atoms with Gasteiger partial charge >= 0.3 is 0 Å².